The largest absolute Gasteiger partial charge is 0.368 e. The summed E-state index contributed by atoms with van der Waals surface area (Å²) in [6.07, 6.45) is 5.27. The smallest absolute Gasteiger partial charge is 0.246 e. The van der Waals surface area contributed by atoms with E-state index in [0.717, 1.165) is 37.8 Å². The van der Waals surface area contributed by atoms with Crippen LogP contribution in [0.4, 0.5) is 8.78 Å². The van der Waals surface area contributed by atoms with Gasteiger partial charge in [-0.3, -0.25) is 9.59 Å². The lowest BCUT2D eigenvalue weighted by Crippen LogP contribution is -2.41. The highest BCUT2D eigenvalue weighted by atomic mass is 19.2. The molecule has 132 valence electrons. The summed E-state index contributed by atoms with van der Waals surface area (Å²) in [6, 6.07) is 1.98. The van der Waals surface area contributed by atoms with Crippen molar-refractivity contribution in [2.75, 3.05) is 13.7 Å². The van der Waals surface area contributed by atoms with Crippen molar-refractivity contribution in [3.63, 3.8) is 0 Å². The number of amides is 2. The summed E-state index contributed by atoms with van der Waals surface area (Å²) in [5.74, 6) is -3.08. The van der Waals surface area contributed by atoms with E-state index in [2.05, 4.69) is 10.6 Å². The molecule has 0 saturated heterocycles. The van der Waals surface area contributed by atoms with Crippen LogP contribution in [0.2, 0.25) is 0 Å². The van der Waals surface area contributed by atoms with Crippen molar-refractivity contribution in [1.29, 1.82) is 0 Å². The van der Waals surface area contributed by atoms with Crippen molar-refractivity contribution >= 4 is 11.8 Å². The van der Waals surface area contributed by atoms with E-state index in [0.29, 0.717) is 0 Å². The van der Waals surface area contributed by atoms with Crippen LogP contribution in [0.15, 0.2) is 18.2 Å². The molecular formula is C17H22F2N2O3. The zero-order valence-electron chi connectivity index (χ0n) is 13.6. The van der Waals surface area contributed by atoms with E-state index in [1.807, 2.05) is 0 Å². The van der Waals surface area contributed by atoms with Gasteiger partial charge in [0.25, 0.3) is 0 Å². The number of benzene rings is 1. The topological polar surface area (TPSA) is 67.4 Å². The summed E-state index contributed by atoms with van der Waals surface area (Å²) in [5.41, 5.74) is 0.166. The van der Waals surface area contributed by atoms with Crippen molar-refractivity contribution in [2.24, 2.45) is 0 Å². The number of hydrogen-bond acceptors (Lipinski definition) is 3. The van der Waals surface area contributed by atoms with Crippen LogP contribution in [0, 0.1) is 11.6 Å². The highest BCUT2D eigenvalue weighted by molar-refractivity contribution is 5.88. The SMILES string of the molecule is CNC(=O)C(NC(=O)COC1CCCCC1)c1ccc(F)c(F)c1. The first-order valence-electron chi connectivity index (χ1n) is 8.08. The lowest BCUT2D eigenvalue weighted by Gasteiger charge is -2.23. The molecule has 2 amide bonds. The Morgan fingerprint density at radius 2 is 1.92 bits per heavy atom. The van der Waals surface area contributed by atoms with Gasteiger partial charge in [0.15, 0.2) is 11.6 Å². The van der Waals surface area contributed by atoms with Crippen LogP contribution in [0.1, 0.15) is 43.7 Å². The molecule has 7 heteroatoms. The summed E-state index contributed by atoms with van der Waals surface area (Å²) in [5, 5.41) is 4.90. The Morgan fingerprint density at radius 1 is 1.21 bits per heavy atom. The first-order valence-corrected chi connectivity index (χ1v) is 8.08. The van der Waals surface area contributed by atoms with Gasteiger partial charge in [0.05, 0.1) is 6.10 Å². The summed E-state index contributed by atoms with van der Waals surface area (Å²) in [7, 11) is 1.40. The maximum Gasteiger partial charge on any atom is 0.246 e. The zero-order chi connectivity index (χ0) is 17.5. The standard InChI is InChI=1S/C17H22F2N2O3/c1-20-17(23)16(11-7-8-13(18)14(19)9-11)21-15(22)10-24-12-5-3-2-4-6-12/h7-9,12,16H,2-6,10H2,1H3,(H,20,23)(H,21,22). The monoisotopic (exact) mass is 340 g/mol. The number of carbonyl (C=O) groups is 2. The molecular weight excluding hydrogens is 318 g/mol. The minimum Gasteiger partial charge on any atom is -0.368 e. The molecule has 0 bridgehead atoms. The molecule has 1 saturated carbocycles. The van der Waals surface area contributed by atoms with Gasteiger partial charge in [0.2, 0.25) is 11.8 Å². The van der Waals surface area contributed by atoms with Crippen LogP contribution in [0.25, 0.3) is 0 Å². The van der Waals surface area contributed by atoms with Gasteiger partial charge in [-0.1, -0.05) is 25.3 Å². The van der Waals surface area contributed by atoms with Crippen molar-refractivity contribution < 1.29 is 23.1 Å². The van der Waals surface area contributed by atoms with Gasteiger partial charge in [-0.2, -0.15) is 0 Å². The van der Waals surface area contributed by atoms with Crippen LogP contribution in [-0.4, -0.2) is 31.6 Å². The second-order valence-electron chi connectivity index (χ2n) is 5.86. The second kappa shape index (κ2) is 8.73. The average molecular weight is 340 g/mol. The Morgan fingerprint density at radius 3 is 2.54 bits per heavy atom. The van der Waals surface area contributed by atoms with Gasteiger partial charge in [0, 0.05) is 7.05 Å². The summed E-state index contributed by atoms with van der Waals surface area (Å²) in [6.45, 7) is -0.165. The molecule has 1 unspecified atom stereocenters. The summed E-state index contributed by atoms with van der Waals surface area (Å²) in [4.78, 5) is 24.0. The number of likely N-dealkylation sites (N-methyl/N-ethyl adjacent to an activating group) is 1. The third-order valence-corrected chi connectivity index (χ3v) is 4.09. The van der Waals surface area contributed by atoms with Crippen LogP contribution < -0.4 is 10.6 Å². The highest BCUT2D eigenvalue weighted by Gasteiger charge is 2.24. The minimum atomic E-state index is -1.10. The molecule has 1 aliphatic carbocycles. The molecule has 2 rings (SSSR count). The molecule has 0 spiro atoms. The van der Waals surface area contributed by atoms with Gasteiger partial charge in [-0.25, -0.2) is 8.78 Å². The first kappa shape index (κ1) is 18.3. The molecule has 2 N–H and O–H groups in total. The normalized spacial score (nSPS) is 16.5. The number of ether oxygens (including phenoxy) is 1. The fraction of sp³-hybridized carbons (Fsp3) is 0.529. The number of hydrogen-bond donors (Lipinski definition) is 2. The quantitative estimate of drug-likeness (QED) is 0.834. The second-order valence-corrected chi connectivity index (χ2v) is 5.86. The molecule has 1 aromatic rings. The lowest BCUT2D eigenvalue weighted by molar-refractivity contribution is -0.133. The Labute approximate surface area is 139 Å². The van der Waals surface area contributed by atoms with Gasteiger partial charge in [-0.05, 0) is 30.5 Å². The van der Waals surface area contributed by atoms with Crippen LogP contribution in [0.5, 0.6) is 0 Å². The van der Waals surface area contributed by atoms with E-state index in [-0.39, 0.29) is 18.3 Å². The molecule has 0 heterocycles. The third kappa shape index (κ3) is 4.99. The fourth-order valence-electron chi connectivity index (χ4n) is 2.76. The molecule has 1 fully saturated rings. The maximum atomic E-state index is 13.4. The molecule has 0 aliphatic heterocycles. The number of carbonyl (C=O) groups excluding carboxylic acids is 2. The van der Waals surface area contributed by atoms with Crippen molar-refractivity contribution in [3.8, 4) is 0 Å². The van der Waals surface area contributed by atoms with Crippen LogP contribution in [-0.2, 0) is 14.3 Å². The van der Waals surface area contributed by atoms with E-state index in [1.165, 1.54) is 19.5 Å². The van der Waals surface area contributed by atoms with Crippen molar-refractivity contribution in [2.45, 2.75) is 44.2 Å². The van der Waals surface area contributed by atoms with Crippen molar-refractivity contribution in [1.82, 2.24) is 10.6 Å². The third-order valence-electron chi connectivity index (χ3n) is 4.09. The Kier molecular flexibility index (Phi) is 6.66. The van der Waals surface area contributed by atoms with Gasteiger partial charge in [0.1, 0.15) is 12.6 Å². The molecule has 1 atom stereocenters. The van der Waals surface area contributed by atoms with E-state index >= 15 is 0 Å². The molecule has 1 aliphatic rings. The fourth-order valence-corrected chi connectivity index (χ4v) is 2.76. The summed E-state index contributed by atoms with van der Waals surface area (Å²) < 4.78 is 32.0. The van der Waals surface area contributed by atoms with Crippen LogP contribution >= 0.6 is 0 Å². The molecule has 5 nitrogen and oxygen atoms in total. The predicted molar refractivity (Wildman–Crippen MR) is 84.1 cm³/mol. The van der Waals surface area contributed by atoms with Crippen molar-refractivity contribution in [3.05, 3.63) is 35.4 Å². The molecule has 24 heavy (non-hydrogen) atoms. The Bertz CT molecular complexity index is 589. The van der Waals surface area contributed by atoms with Gasteiger partial charge in [-0.15, -0.1) is 0 Å². The predicted octanol–water partition coefficient (Wildman–Crippen LogP) is 2.22. The molecule has 1 aromatic carbocycles. The highest BCUT2D eigenvalue weighted by Crippen LogP contribution is 2.20. The maximum absolute atomic E-state index is 13.4. The molecule has 0 radical (unpaired) electrons. The lowest BCUT2D eigenvalue weighted by atomic mass is 9.98. The number of rotatable bonds is 6. The average Bonchev–Trinajstić information content (AvgIpc) is 2.60. The Balaban J connectivity index is 1.98. The van der Waals surface area contributed by atoms with E-state index < -0.39 is 29.5 Å². The molecule has 0 aromatic heterocycles. The van der Waals surface area contributed by atoms with E-state index in [4.69, 9.17) is 4.74 Å². The number of nitrogens with one attached hydrogen (secondary N) is 2. The van der Waals surface area contributed by atoms with Gasteiger partial charge < -0.3 is 15.4 Å². The zero-order valence-corrected chi connectivity index (χ0v) is 13.6. The minimum absolute atomic E-state index is 0.0613. The Hall–Kier alpha value is -2.02. The van der Waals surface area contributed by atoms with Gasteiger partial charge >= 0.3 is 0 Å². The number of halogens is 2. The van der Waals surface area contributed by atoms with E-state index in [1.54, 1.807) is 0 Å². The van der Waals surface area contributed by atoms with E-state index in [9.17, 15) is 18.4 Å². The summed E-state index contributed by atoms with van der Waals surface area (Å²) >= 11 is 0. The van der Waals surface area contributed by atoms with Crippen LogP contribution in [0.3, 0.4) is 0 Å². The first-order chi connectivity index (χ1) is 11.5.